The number of aromatic amines is 1. The lowest BCUT2D eigenvalue weighted by Gasteiger charge is -2.20. The van der Waals surface area contributed by atoms with Crippen LogP contribution in [0.5, 0.6) is 11.5 Å². The van der Waals surface area contributed by atoms with Gasteiger partial charge in [-0.3, -0.25) is 4.79 Å². The molecule has 2 N–H and O–H groups in total. The molecule has 0 spiro atoms. The molecule has 3 rings (SSSR count). The van der Waals surface area contributed by atoms with E-state index in [-0.39, 0.29) is 18.0 Å². The van der Waals surface area contributed by atoms with Crippen LogP contribution in [-0.2, 0) is 11.2 Å². The van der Waals surface area contributed by atoms with Crippen molar-refractivity contribution in [3.8, 4) is 11.5 Å². The van der Waals surface area contributed by atoms with E-state index in [2.05, 4.69) is 4.98 Å². The smallest absolute Gasteiger partial charge is 0.352 e. The van der Waals surface area contributed by atoms with Crippen LogP contribution in [0.1, 0.15) is 16.1 Å². The molecule has 140 valence electrons. The number of ether oxygens (including phenoxy) is 2. The number of nitrogens with one attached hydrogen (secondary N) is 1. The molecular formula is C20H20N2O5. The van der Waals surface area contributed by atoms with Crippen LogP contribution in [0.15, 0.2) is 42.5 Å². The molecule has 1 heterocycles. The maximum atomic E-state index is 12.9. The van der Waals surface area contributed by atoms with Crippen LogP contribution in [0.2, 0.25) is 0 Å². The van der Waals surface area contributed by atoms with Crippen LogP contribution >= 0.6 is 0 Å². The zero-order valence-electron chi connectivity index (χ0n) is 15.3. The maximum Gasteiger partial charge on any atom is 0.352 e. The number of carboxylic acid groups (broad SMARTS) is 1. The fraction of sp³-hybridized carbons (Fsp3) is 0.200. The second-order valence-electron chi connectivity index (χ2n) is 6.00. The predicted molar refractivity (Wildman–Crippen MR) is 102 cm³/mol. The topological polar surface area (TPSA) is 91.9 Å². The summed E-state index contributed by atoms with van der Waals surface area (Å²) >= 11 is 0. The first-order chi connectivity index (χ1) is 13.0. The van der Waals surface area contributed by atoms with Crippen molar-refractivity contribution in [3.05, 3.63) is 53.7 Å². The third-order valence-electron chi connectivity index (χ3n) is 4.48. The maximum absolute atomic E-state index is 12.9. The Hall–Kier alpha value is -3.48. The number of aromatic carboxylic acids is 1. The summed E-state index contributed by atoms with van der Waals surface area (Å²) in [4.78, 5) is 28.8. The molecule has 0 radical (unpaired) electrons. The minimum Gasteiger partial charge on any atom is -0.497 e. The van der Waals surface area contributed by atoms with Gasteiger partial charge in [-0.05, 0) is 18.2 Å². The van der Waals surface area contributed by atoms with E-state index in [4.69, 9.17) is 9.47 Å². The number of benzene rings is 2. The van der Waals surface area contributed by atoms with E-state index in [0.717, 1.165) is 5.39 Å². The third kappa shape index (κ3) is 3.44. The molecular weight excluding hydrogens is 348 g/mol. The number of anilines is 1. The number of carbonyl (C=O) groups is 2. The first kappa shape index (κ1) is 18.3. The zero-order valence-corrected chi connectivity index (χ0v) is 15.3. The number of fused-ring (bicyclic) bond motifs is 1. The molecule has 0 aliphatic carbocycles. The number of likely N-dealkylation sites (N-methyl/N-ethyl adjacent to an activating group) is 1. The lowest BCUT2D eigenvalue weighted by molar-refractivity contribution is -0.117. The Morgan fingerprint density at radius 2 is 1.85 bits per heavy atom. The first-order valence-electron chi connectivity index (χ1n) is 8.27. The standard InChI is InChI=1S/C20H20N2O5/c1-22(16-9-8-12(26-2)10-17(16)27-3)18(23)11-14-13-6-4-5-7-15(13)21-19(14)20(24)25/h4-10,21H,11H2,1-3H3,(H,24,25). The molecule has 7 heteroatoms. The molecule has 2 aromatic carbocycles. The van der Waals surface area contributed by atoms with E-state index < -0.39 is 5.97 Å². The fourth-order valence-corrected chi connectivity index (χ4v) is 3.03. The highest BCUT2D eigenvalue weighted by atomic mass is 16.5. The van der Waals surface area contributed by atoms with Gasteiger partial charge in [0.25, 0.3) is 0 Å². The lowest BCUT2D eigenvalue weighted by atomic mass is 10.1. The van der Waals surface area contributed by atoms with Crippen LogP contribution in [0.25, 0.3) is 10.9 Å². The number of H-pyrrole nitrogens is 1. The van der Waals surface area contributed by atoms with Crippen LogP contribution < -0.4 is 14.4 Å². The molecule has 0 aliphatic heterocycles. The minimum absolute atomic E-state index is 0.0274. The van der Waals surface area contributed by atoms with Gasteiger partial charge in [0.15, 0.2) is 0 Å². The number of rotatable bonds is 6. The third-order valence-corrected chi connectivity index (χ3v) is 4.48. The van der Waals surface area contributed by atoms with E-state index in [1.54, 1.807) is 44.5 Å². The van der Waals surface area contributed by atoms with Crippen LogP contribution in [0.3, 0.4) is 0 Å². The highest BCUT2D eigenvalue weighted by Gasteiger charge is 2.22. The largest absolute Gasteiger partial charge is 0.497 e. The van der Waals surface area contributed by atoms with Gasteiger partial charge in [0.05, 0.1) is 26.3 Å². The highest BCUT2D eigenvalue weighted by molar-refractivity contribution is 6.03. The summed E-state index contributed by atoms with van der Waals surface area (Å²) in [6.45, 7) is 0. The average molecular weight is 368 g/mol. The molecule has 0 unspecified atom stereocenters. The molecule has 0 bridgehead atoms. The normalized spacial score (nSPS) is 10.6. The van der Waals surface area contributed by atoms with Gasteiger partial charge in [-0.15, -0.1) is 0 Å². The second kappa shape index (κ2) is 7.41. The number of hydrogen-bond acceptors (Lipinski definition) is 4. The highest BCUT2D eigenvalue weighted by Crippen LogP contribution is 2.32. The Morgan fingerprint density at radius 3 is 2.52 bits per heavy atom. The summed E-state index contributed by atoms with van der Waals surface area (Å²) in [5.41, 5.74) is 1.74. The SMILES string of the molecule is COc1ccc(N(C)C(=O)Cc2c(C(=O)O)[nH]c3ccccc23)c(OC)c1. The monoisotopic (exact) mass is 368 g/mol. The second-order valence-corrected chi connectivity index (χ2v) is 6.00. The lowest BCUT2D eigenvalue weighted by Crippen LogP contribution is -2.28. The Kier molecular flexibility index (Phi) is 5.03. The summed E-state index contributed by atoms with van der Waals surface area (Å²) in [5.74, 6) is -0.256. The van der Waals surface area contributed by atoms with Gasteiger partial charge in [-0.25, -0.2) is 4.79 Å². The molecule has 1 aromatic heterocycles. The van der Waals surface area contributed by atoms with E-state index in [1.165, 1.54) is 12.0 Å². The van der Waals surface area contributed by atoms with Crippen molar-refractivity contribution in [3.63, 3.8) is 0 Å². The van der Waals surface area contributed by atoms with Gasteiger partial charge < -0.3 is 24.5 Å². The summed E-state index contributed by atoms with van der Waals surface area (Å²) in [6, 6.07) is 12.4. The molecule has 0 aliphatic rings. The molecule has 3 aromatic rings. The van der Waals surface area contributed by atoms with Crippen LogP contribution in [0.4, 0.5) is 5.69 Å². The van der Waals surface area contributed by atoms with Gasteiger partial charge >= 0.3 is 5.97 Å². The molecule has 0 atom stereocenters. The summed E-state index contributed by atoms with van der Waals surface area (Å²) in [6.07, 6.45) is -0.0582. The average Bonchev–Trinajstić information content (AvgIpc) is 3.05. The Balaban J connectivity index is 1.95. The van der Waals surface area contributed by atoms with E-state index in [0.29, 0.717) is 28.3 Å². The number of para-hydroxylation sites is 1. The number of carboxylic acids is 1. The summed E-state index contributed by atoms with van der Waals surface area (Å²) in [5, 5.41) is 10.2. The minimum atomic E-state index is -1.10. The molecule has 0 saturated heterocycles. The van der Waals surface area contributed by atoms with E-state index >= 15 is 0 Å². The van der Waals surface area contributed by atoms with Crippen LogP contribution in [0, 0.1) is 0 Å². The van der Waals surface area contributed by atoms with Crippen molar-refractivity contribution in [2.75, 3.05) is 26.2 Å². The van der Waals surface area contributed by atoms with E-state index in [9.17, 15) is 14.7 Å². The number of carbonyl (C=O) groups excluding carboxylic acids is 1. The molecule has 7 nitrogen and oxygen atoms in total. The van der Waals surface area contributed by atoms with Crippen molar-refractivity contribution in [2.45, 2.75) is 6.42 Å². The van der Waals surface area contributed by atoms with Gasteiger partial charge in [-0.1, -0.05) is 18.2 Å². The molecule has 27 heavy (non-hydrogen) atoms. The van der Waals surface area contributed by atoms with E-state index in [1.807, 2.05) is 12.1 Å². The van der Waals surface area contributed by atoms with Crippen LogP contribution in [-0.4, -0.2) is 43.2 Å². The van der Waals surface area contributed by atoms with Crippen molar-refractivity contribution in [2.24, 2.45) is 0 Å². The number of aromatic nitrogens is 1. The van der Waals surface area contributed by atoms with Crippen molar-refractivity contribution >= 4 is 28.5 Å². The molecule has 0 saturated carbocycles. The Morgan fingerprint density at radius 1 is 1.11 bits per heavy atom. The first-order valence-corrected chi connectivity index (χ1v) is 8.27. The van der Waals surface area contributed by atoms with Gasteiger partial charge in [0.2, 0.25) is 5.91 Å². The number of methoxy groups -OCH3 is 2. The van der Waals surface area contributed by atoms with Gasteiger partial charge in [0.1, 0.15) is 17.2 Å². The quantitative estimate of drug-likeness (QED) is 0.698. The summed E-state index contributed by atoms with van der Waals surface area (Å²) < 4.78 is 10.5. The van der Waals surface area contributed by atoms with Gasteiger partial charge in [0, 0.05) is 29.6 Å². The zero-order chi connectivity index (χ0) is 19.6. The van der Waals surface area contributed by atoms with Crippen molar-refractivity contribution in [1.82, 2.24) is 4.98 Å². The van der Waals surface area contributed by atoms with Crippen molar-refractivity contribution < 1.29 is 24.2 Å². The molecule has 0 fully saturated rings. The Labute approximate surface area is 156 Å². The number of amides is 1. The number of hydrogen-bond donors (Lipinski definition) is 2. The Bertz CT molecular complexity index is 1010. The molecule has 1 amide bonds. The summed E-state index contributed by atoms with van der Waals surface area (Å²) in [7, 11) is 4.69. The number of nitrogens with zero attached hydrogens (tertiary/aromatic N) is 1. The van der Waals surface area contributed by atoms with Crippen molar-refractivity contribution in [1.29, 1.82) is 0 Å². The predicted octanol–water partition coefficient (Wildman–Crippen LogP) is 3.09. The van der Waals surface area contributed by atoms with Gasteiger partial charge in [-0.2, -0.15) is 0 Å². The fourth-order valence-electron chi connectivity index (χ4n) is 3.03.